The number of halogens is 1. The summed E-state index contributed by atoms with van der Waals surface area (Å²) >= 11 is 5.98. The summed E-state index contributed by atoms with van der Waals surface area (Å²) in [5, 5.41) is 11.2. The number of hydrazine groups is 1. The van der Waals surface area contributed by atoms with E-state index in [4.69, 9.17) is 11.6 Å². The van der Waals surface area contributed by atoms with Crippen LogP contribution < -0.4 is 10.9 Å². The molecule has 0 aliphatic heterocycles. The summed E-state index contributed by atoms with van der Waals surface area (Å²) in [4.78, 5) is 4.21. The Hall–Kier alpha value is -1.78. The van der Waals surface area contributed by atoms with Gasteiger partial charge in [-0.25, -0.2) is 5.43 Å². The number of aliphatic hydroxyl groups is 1. The molecule has 1 unspecified atom stereocenters. The van der Waals surface area contributed by atoms with Gasteiger partial charge in [-0.2, -0.15) is 0 Å². The van der Waals surface area contributed by atoms with Gasteiger partial charge in [0.2, 0.25) is 0 Å². The third-order valence-corrected chi connectivity index (χ3v) is 3.72. The Bertz CT molecular complexity index is 604. The number of nitrogens with one attached hydrogen (secondary N) is 2. The second kappa shape index (κ2) is 8.18. The highest BCUT2D eigenvalue weighted by Crippen LogP contribution is 2.29. The first-order chi connectivity index (χ1) is 10.7. The van der Waals surface area contributed by atoms with Gasteiger partial charge in [0.1, 0.15) is 5.76 Å². The summed E-state index contributed by atoms with van der Waals surface area (Å²) in [6, 6.07) is -0.132. The molecular formula is C18H26ClN3O. The van der Waals surface area contributed by atoms with Crippen LogP contribution >= 0.6 is 11.6 Å². The molecule has 0 fully saturated rings. The van der Waals surface area contributed by atoms with E-state index < -0.39 is 0 Å². The van der Waals surface area contributed by atoms with Crippen molar-refractivity contribution in [3.8, 4) is 0 Å². The van der Waals surface area contributed by atoms with Crippen LogP contribution in [-0.4, -0.2) is 23.9 Å². The zero-order chi connectivity index (χ0) is 17.6. The Morgan fingerprint density at radius 3 is 2.57 bits per heavy atom. The predicted octanol–water partition coefficient (Wildman–Crippen LogP) is 4.16. The minimum Gasteiger partial charge on any atom is -0.505 e. The quantitative estimate of drug-likeness (QED) is 0.401. The molecule has 0 saturated carbocycles. The fourth-order valence-electron chi connectivity index (χ4n) is 2.22. The third kappa shape index (κ3) is 5.12. The highest BCUT2D eigenvalue weighted by Gasteiger charge is 2.21. The molecule has 0 saturated heterocycles. The maximum Gasteiger partial charge on any atom is 0.143 e. The number of nitrogens with zero attached hydrogens (tertiary/aromatic N) is 1. The summed E-state index contributed by atoms with van der Waals surface area (Å²) in [6.45, 7) is 11.7. The van der Waals surface area contributed by atoms with Gasteiger partial charge in [0.25, 0.3) is 0 Å². The first kappa shape index (κ1) is 19.3. The molecule has 0 amide bonds. The van der Waals surface area contributed by atoms with Crippen molar-refractivity contribution in [2.75, 3.05) is 7.05 Å². The maximum atomic E-state index is 10.6. The molecule has 0 radical (unpaired) electrons. The van der Waals surface area contributed by atoms with Gasteiger partial charge in [0.15, 0.2) is 0 Å². The van der Waals surface area contributed by atoms with Gasteiger partial charge >= 0.3 is 0 Å². The highest BCUT2D eigenvalue weighted by molar-refractivity contribution is 6.33. The monoisotopic (exact) mass is 335 g/mol. The van der Waals surface area contributed by atoms with Crippen molar-refractivity contribution in [1.29, 1.82) is 0 Å². The fraction of sp³-hybridized carbons (Fsp3) is 0.389. The SMILES string of the molecule is C=C/C(=C(O)\C(=C/C)NNC1C=CC(Cl)=C/C1=N/C)C(C)(C)C. The van der Waals surface area contributed by atoms with Crippen molar-refractivity contribution < 1.29 is 5.11 Å². The van der Waals surface area contributed by atoms with Crippen molar-refractivity contribution in [3.63, 3.8) is 0 Å². The number of aliphatic imine (C=N–C) groups is 1. The average Bonchev–Trinajstić information content (AvgIpc) is 2.48. The summed E-state index contributed by atoms with van der Waals surface area (Å²) in [6.07, 6.45) is 9.00. The van der Waals surface area contributed by atoms with Crippen molar-refractivity contribution in [1.82, 2.24) is 10.9 Å². The van der Waals surface area contributed by atoms with E-state index in [1.54, 1.807) is 25.3 Å². The first-order valence-electron chi connectivity index (χ1n) is 7.51. The van der Waals surface area contributed by atoms with Gasteiger partial charge in [0.05, 0.1) is 17.5 Å². The lowest BCUT2D eigenvalue weighted by atomic mass is 9.85. The van der Waals surface area contributed by atoms with E-state index in [1.165, 1.54) is 0 Å². The molecule has 0 aromatic carbocycles. The van der Waals surface area contributed by atoms with Crippen molar-refractivity contribution in [2.24, 2.45) is 10.4 Å². The molecular weight excluding hydrogens is 310 g/mol. The van der Waals surface area contributed by atoms with Gasteiger partial charge in [0, 0.05) is 17.7 Å². The van der Waals surface area contributed by atoms with E-state index in [2.05, 4.69) is 22.4 Å². The number of hydrogen-bond acceptors (Lipinski definition) is 4. The highest BCUT2D eigenvalue weighted by atomic mass is 35.5. The summed E-state index contributed by atoms with van der Waals surface area (Å²) < 4.78 is 0. The molecule has 0 aromatic rings. The zero-order valence-corrected chi connectivity index (χ0v) is 15.2. The Morgan fingerprint density at radius 2 is 2.09 bits per heavy atom. The van der Waals surface area contributed by atoms with E-state index in [-0.39, 0.29) is 17.2 Å². The second-order valence-corrected chi connectivity index (χ2v) is 6.64. The number of aliphatic hydroxyl groups excluding tert-OH is 1. The predicted molar refractivity (Wildman–Crippen MR) is 99.6 cm³/mol. The van der Waals surface area contributed by atoms with Crippen LogP contribution in [-0.2, 0) is 0 Å². The Kier molecular flexibility index (Phi) is 6.85. The maximum absolute atomic E-state index is 10.6. The molecule has 5 heteroatoms. The van der Waals surface area contributed by atoms with E-state index in [9.17, 15) is 5.11 Å². The van der Waals surface area contributed by atoms with E-state index in [0.717, 1.165) is 11.3 Å². The van der Waals surface area contributed by atoms with Crippen LogP contribution in [0.15, 0.2) is 64.0 Å². The number of rotatable bonds is 5. The van der Waals surface area contributed by atoms with Gasteiger partial charge < -0.3 is 10.5 Å². The Balaban J connectivity index is 2.93. The smallest absolute Gasteiger partial charge is 0.143 e. The van der Waals surface area contributed by atoms with Gasteiger partial charge in [-0.15, -0.1) is 0 Å². The van der Waals surface area contributed by atoms with Crippen LogP contribution in [0.25, 0.3) is 0 Å². The molecule has 1 rings (SSSR count). The standard InChI is InChI=1S/C18H26ClN3O/c1-7-13(18(3,4)5)17(23)14(8-2)21-22-15-10-9-12(19)11-16(15)20-6/h7-11,15,21-23H,1H2,2-6H3/b14-8+,17-13-,20-16-. The average molecular weight is 336 g/mol. The lowest BCUT2D eigenvalue weighted by Gasteiger charge is -2.25. The molecule has 0 spiro atoms. The lowest BCUT2D eigenvalue weighted by Crippen LogP contribution is -2.44. The van der Waals surface area contributed by atoms with Gasteiger partial charge in [-0.1, -0.05) is 57.2 Å². The summed E-state index contributed by atoms with van der Waals surface area (Å²) in [5.74, 6) is 0.172. The lowest BCUT2D eigenvalue weighted by molar-refractivity contribution is 0.375. The molecule has 0 heterocycles. The largest absolute Gasteiger partial charge is 0.505 e. The van der Waals surface area contributed by atoms with Crippen LogP contribution in [0.5, 0.6) is 0 Å². The van der Waals surface area contributed by atoms with Crippen LogP contribution in [0, 0.1) is 5.41 Å². The molecule has 3 N–H and O–H groups in total. The first-order valence-corrected chi connectivity index (χ1v) is 7.88. The van der Waals surface area contributed by atoms with Gasteiger partial charge in [-0.05, 0) is 24.5 Å². The summed E-state index contributed by atoms with van der Waals surface area (Å²) in [7, 11) is 1.72. The molecule has 1 atom stereocenters. The Morgan fingerprint density at radius 1 is 1.43 bits per heavy atom. The van der Waals surface area contributed by atoms with Crippen molar-refractivity contribution >= 4 is 17.3 Å². The molecule has 1 aliphatic rings. The number of hydrogen-bond donors (Lipinski definition) is 3. The molecule has 0 aromatic heterocycles. The van der Waals surface area contributed by atoms with Gasteiger partial charge in [-0.3, -0.25) is 4.99 Å². The topological polar surface area (TPSA) is 56.6 Å². The van der Waals surface area contributed by atoms with Crippen LogP contribution in [0.3, 0.4) is 0 Å². The fourth-order valence-corrected chi connectivity index (χ4v) is 2.40. The van der Waals surface area contributed by atoms with Crippen molar-refractivity contribution in [3.05, 3.63) is 59.0 Å². The normalized spacial score (nSPS) is 21.8. The minimum atomic E-state index is -0.210. The molecule has 4 nitrogen and oxygen atoms in total. The van der Waals surface area contributed by atoms with Crippen LogP contribution in [0.4, 0.5) is 0 Å². The molecule has 23 heavy (non-hydrogen) atoms. The minimum absolute atomic E-state index is 0.132. The third-order valence-electron chi connectivity index (χ3n) is 3.48. The molecule has 0 bridgehead atoms. The number of allylic oxidation sites excluding steroid dienone is 5. The molecule has 126 valence electrons. The van der Waals surface area contributed by atoms with Crippen molar-refractivity contribution in [2.45, 2.75) is 33.7 Å². The van der Waals surface area contributed by atoms with Crippen LogP contribution in [0.2, 0.25) is 0 Å². The van der Waals surface area contributed by atoms with E-state index in [1.807, 2.05) is 39.8 Å². The van der Waals surface area contributed by atoms with Crippen LogP contribution in [0.1, 0.15) is 27.7 Å². The Labute approximate surface area is 144 Å². The zero-order valence-electron chi connectivity index (χ0n) is 14.4. The molecule has 1 aliphatic carbocycles. The van der Waals surface area contributed by atoms with E-state index in [0.29, 0.717) is 10.7 Å². The second-order valence-electron chi connectivity index (χ2n) is 6.20. The summed E-state index contributed by atoms with van der Waals surface area (Å²) in [5.41, 5.74) is 8.15. The van der Waals surface area contributed by atoms with E-state index >= 15 is 0 Å².